The van der Waals surface area contributed by atoms with Crippen LogP contribution in [0.3, 0.4) is 0 Å². The topological polar surface area (TPSA) is 32.7 Å². The SMILES string of the molecule is C[C@@H]1CC[C@@H]2[C@@H](C1)O[C@@H]([C@](C)(O)c1ccccc1)N(Cc1ccccc1)C2(C)C. The maximum Gasteiger partial charge on any atom is 0.144 e. The van der Waals surface area contributed by atoms with E-state index in [4.69, 9.17) is 4.74 Å². The molecule has 0 unspecified atom stereocenters. The van der Waals surface area contributed by atoms with Crippen molar-refractivity contribution in [3.8, 4) is 0 Å². The van der Waals surface area contributed by atoms with Crippen LogP contribution in [-0.2, 0) is 16.9 Å². The van der Waals surface area contributed by atoms with E-state index in [0.717, 1.165) is 18.5 Å². The zero-order valence-corrected chi connectivity index (χ0v) is 18.2. The van der Waals surface area contributed by atoms with Crippen LogP contribution in [0.1, 0.15) is 58.1 Å². The first kappa shape index (κ1) is 20.6. The number of aliphatic hydroxyl groups is 1. The molecule has 0 amide bonds. The van der Waals surface area contributed by atoms with E-state index in [1.807, 2.05) is 37.3 Å². The summed E-state index contributed by atoms with van der Waals surface area (Å²) >= 11 is 0. The highest BCUT2D eigenvalue weighted by molar-refractivity contribution is 5.24. The van der Waals surface area contributed by atoms with Crippen molar-refractivity contribution in [1.82, 2.24) is 4.90 Å². The Bertz CT molecular complexity index is 802. The molecule has 2 aromatic carbocycles. The van der Waals surface area contributed by atoms with Crippen molar-refractivity contribution in [2.24, 2.45) is 11.8 Å². The molecular weight excluding hydrogens is 358 g/mol. The molecule has 3 heteroatoms. The lowest BCUT2D eigenvalue weighted by Crippen LogP contribution is -2.68. The summed E-state index contributed by atoms with van der Waals surface area (Å²) in [6, 6.07) is 20.5. The van der Waals surface area contributed by atoms with Crippen molar-refractivity contribution < 1.29 is 9.84 Å². The molecule has 1 saturated carbocycles. The maximum atomic E-state index is 11.8. The average Bonchev–Trinajstić information content (AvgIpc) is 2.71. The monoisotopic (exact) mass is 393 g/mol. The quantitative estimate of drug-likeness (QED) is 0.761. The lowest BCUT2D eigenvalue weighted by Gasteiger charge is -2.59. The molecule has 2 aliphatic rings. The third-order valence-corrected chi connectivity index (χ3v) is 7.32. The molecule has 29 heavy (non-hydrogen) atoms. The first-order valence-electron chi connectivity index (χ1n) is 11.0. The Hall–Kier alpha value is -1.68. The molecule has 2 fully saturated rings. The molecule has 4 rings (SSSR count). The number of hydrogen-bond acceptors (Lipinski definition) is 3. The fourth-order valence-corrected chi connectivity index (χ4v) is 5.46. The Kier molecular flexibility index (Phi) is 5.58. The van der Waals surface area contributed by atoms with Gasteiger partial charge < -0.3 is 9.84 Å². The first-order valence-corrected chi connectivity index (χ1v) is 11.0. The van der Waals surface area contributed by atoms with Gasteiger partial charge in [-0.1, -0.05) is 74.0 Å². The highest BCUT2D eigenvalue weighted by Crippen LogP contribution is 2.48. The van der Waals surface area contributed by atoms with Gasteiger partial charge in [0.15, 0.2) is 0 Å². The zero-order chi connectivity index (χ0) is 20.6. The summed E-state index contributed by atoms with van der Waals surface area (Å²) in [6.45, 7) is 9.70. The van der Waals surface area contributed by atoms with Gasteiger partial charge in [-0.05, 0) is 50.7 Å². The van der Waals surface area contributed by atoms with Crippen LogP contribution in [-0.4, -0.2) is 27.9 Å². The third-order valence-electron chi connectivity index (χ3n) is 7.32. The molecule has 0 radical (unpaired) electrons. The summed E-state index contributed by atoms with van der Waals surface area (Å²) in [4.78, 5) is 2.41. The van der Waals surface area contributed by atoms with Gasteiger partial charge in [-0.15, -0.1) is 0 Å². The van der Waals surface area contributed by atoms with Crippen molar-refractivity contribution in [3.63, 3.8) is 0 Å². The van der Waals surface area contributed by atoms with E-state index in [0.29, 0.717) is 11.8 Å². The Morgan fingerprint density at radius 2 is 1.66 bits per heavy atom. The summed E-state index contributed by atoms with van der Waals surface area (Å²) < 4.78 is 6.78. The van der Waals surface area contributed by atoms with Crippen LogP contribution in [0.4, 0.5) is 0 Å². The standard InChI is InChI=1S/C26H35NO2/c1-19-15-16-22-23(17-19)29-24(26(4,28)21-13-9-6-10-14-21)27(25(22,2)3)18-20-11-7-5-8-12-20/h5-14,19,22-24,28H,15-18H2,1-4H3/t19-,22-,23-,24+,26-/m1/s1. The minimum Gasteiger partial charge on any atom is -0.381 e. The molecule has 1 N–H and O–H groups in total. The summed E-state index contributed by atoms with van der Waals surface area (Å²) in [5, 5.41) is 11.8. The lowest BCUT2D eigenvalue weighted by atomic mass is 9.69. The van der Waals surface area contributed by atoms with E-state index in [1.54, 1.807) is 0 Å². The predicted molar refractivity (Wildman–Crippen MR) is 117 cm³/mol. The van der Waals surface area contributed by atoms with Gasteiger partial charge in [0.25, 0.3) is 0 Å². The van der Waals surface area contributed by atoms with E-state index in [9.17, 15) is 5.11 Å². The molecule has 156 valence electrons. The van der Waals surface area contributed by atoms with Crippen LogP contribution in [0.25, 0.3) is 0 Å². The highest BCUT2D eigenvalue weighted by Gasteiger charge is 2.55. The van der Waals surface area contributed by atoms with Gasteiger partial charge in [-0.3, -0.25) is 4.90 Å². The Morgan fingerprint density at radius 1 is 1.03 bits per heavy atom. The van der Waals surface area contributed by atoms with Gasteiger partial charge in [0.05, 0.1) is 6.10 Å². The van der Waals surface area contributed by atoms with Crippen molar-refractivity contribution >= 4 is 0 Å². The van der Waals surface area contributed by atoms with Crippen LogP contribution in [0.2, 0.25) is 0 Å². The second kappa shape index (κ2) is 7.86. The Labute approximate surface area is 175 Å². The summed E-state index contributed by atoms with van der Waals surface area (Å²) in [5.41, 5.74) is 0.989. The van der Waals surface area contributed by atoms with Gasteiger partial charge in [0, 0.05) is 18.0 Å². The molecule has 1 aliphatic heterocycles. The van der Waals surface area contributed by atoms with E-state index in [-0.39, 0.29) is 11.6 Å². The van der Waals surface area contributed by atoms with Gasteiger partial charge in [-0.2, -0.15) is 0 Å². The van der Waals surface area contributed by atoms with E-state index >= 15 is 0 Å². The van der Waals surface area contributed by atoms with Crippen LogP contribution in [0.5, 0.6) is 0 Å². The third kappa shape index (κ3) is 3.88. The fourth-order valence-electron chi connectivity index (χ4n) is 5.46. The van der Waals surface area contributed by atoms with Crippen LogP contribution >= 0.6 is 0 Å². The molecule has 0 spiro atoms. The largest absolute Gasteiger partial charge is 0.381 e. The van der Waals surface area contributed by atoms with Gasteiger partial charge in [0.2, 0.25) is 0 Å². The number of nitrogens with zero attached hydrogens (tertiary/aromatic N) is 1. The number of fused-ring (bicyclic) bond motifs is 1. The molecule has 0 aromatic heterocycles. The molecule has 1 saturated heterocycles. The molecule has 1 heterocycles. The zero-order valence-electron chi connectivity index (χ0n) is 18.2. The highest BCUT2D eigenvalue weighted by atomic mass is 16.5. The molecule has 2 aromatic rings. The predicted octanol–water partition coefficient (Wildman–Crippen LogP) is 5.34. The van der Waals surface area contributed by atoms with Crippen LogP contribution < -0.4 is 0 Å². The van der Waals surface area contributed by atoms with Crippen LogP contribution in [0, 0.1) is 11.8 Å². The van der Waals surface area contributed by atoms with Crippen molar-refractivity contribution in [2.75, 3.05) is 0 Å². The van der Waals surface area contributed by atoms with Gasteiger partial charge in [-0.25, -0.2) is 0 Å². The van der Waals surface area contributed by atoms with Crippen LogP contribution in [0.15, 0.2) is 60.7 Å². The van der Waals surface area contributed by atoms with Gasteiger partial charge >= 0.3 is 0 Å². The van der Waals surface area contributed by atoms with E-state index in [1.165, 1.54) is 18.4 Å². The lowest BCUT2D eigenvalue weighted by molar-refractivity contribution is -0.289. The van der Waals surface area contributed by atoms with E-state index < -0.39 is 11.8 Å². The second-order valence-electron chi connectivity index (χ2n) is 9.83. The van der Waals surface area contributed by atoms with E-state index in [2.05, 4.69) is 56.0 Å². The average molecular weight is 394 g/mol. The summed E-state index contributed by atoms with van der Waals surface area (Å²) in [5.74, 6) is 1.15. The van der Waals surface area contributed by atoms with Crippen molar-refractivity contribution in [1.29, 1.82) is 0 Å². The minimum absolute atomic E-state index is 0.0671. The number of ether oxygens (including phenoxy) is 1. The van der Waals surface area contributed by atoms with Crippen molar-refractivity contribution in [3.05, 3.63) is 71.8 Å². The maximum absolute atomic E-state index is 11.8. The molecule has 1 aliphatic carbocycles. The fraction of sp³-hybridized carbons (Fsp3) is 0.538. The summed E-state index contributed by atoms with van der Waals surface area (Å²) in [6.07, 6.45) is 3.32. The number of hydrogen-bond donors (Lipinski definition) is 1. The molecule has 5 atom stereocenters. The number of benzene rings is 2. The molecule has 3 nitrogen and oxygen atoms in total. The smallest absolute Gasteiger partial charge is 0.144 e. The Balaban J connectivity index is 1.74. The second-order valence-corrected chi connectivity index (χ2v) is 9.83. The molecular formula is C26H35NO2. The normalized spacial score (nSPS) is 31.6. The van der Waals surface area contributed by atoms with Crippen molar-refractivity contribution in [2.45, 2.75) is 77.0 Å². The minimum atomic E-state index is -1.10. The summed E-state index contributed by atoms with van der Waals surface area (Å²) in [7, 11) is 0. The molecule has 0 bridgehead atoms. The van der Waals surface area contributed by atoms with Gasteiger partial charge in [0.1, 0.15) is 11.8 Å². The number of rotatable bonds is 4. The first-order chi connectivity index (χ1) is 13.8. The Morgan fingerprint density at radius 3 is 2.31 bits per heavy atom.